The number of amides is 1. The van der Waals surface area contributed by atoms with Crippen LogP contribution in [0.3, 0.4) is 0 Å². The molecule has 1 fully saturated rings. The van der Waals surface area contributed by atoms with E-state index in [0.29, 0.717) is 24.0 Å². The molecule has 0 radical (unpaired) electrons. The van der Waals surface area contributed by atoms with E-state index in [1.807, 2.05) is 6.07 Å². The van der Waals surface area contributed by atoms with E-state index in [9.17, 15) is 22.4 Å². The maximum absolute atomic E-state index is 14.5. The van der Waals surface area contributed by atoms with Crippen LogP contribution in [0.15, 0.2) is 48.5 Å². The van der Waals surface area contributed by atoms with Crippen LogP contribution in [0.2, 0.25) is 0 Å². The van der Waals surface area contributed by atoms with E-state index >= 15 is 0 Å². The molecule has 1 unspecified atom stereocenters. The summed E-state index contributed by atoms with van der Waals surface area (Å²) in [7, 11) is 0. The molecule has 1 amide bonds. The van der Waals surface area contributed by atoms with Gasteiger partial charge in [0.05, 0.1) is 28.4 Å². The third-order valence-electron chi connectivity index (χ3n) is 5.58. The van der Waals surface area contributed by atoms with Crippen molar-refractivity contribution in [3.63, 3.8) is 0 Å². The largest absolute Gasteiger partial charge is 0.435 e. The fraction of sp³-hybridized carbons (Fsp3) is 0.292. The minimum absolute atomic E-state index is 0.0785. The summed E-state index contributed by atoms with van der Waals surface area (Å²) < 4.78 is 55.2. The summed E-state index contributed by atoms with van der Waals surface area (Å²) in [5, 5.41) is 14.6. The Kier molecular flexibility index (Phi) is 6.62. The van der Waals surface area contributed by atoms with Gasteiger partial charge < -0.3 is 5.32 Å². The Morgan fingerprint density at radius 2 is 2.00 bits per heavy atom. The normalized spacial score (nSPS) is 14.5. The summed E-state index contributed by atoms with van der Waals surface area (Å²) in [6.07, 6.45) is -0.805. The van der Waals surface area contributed by atoms with Crippen molar-refractivity contribution >= 4 is 23.2 Å². The van der Waals surface area contributed by atoms with E-state index in [4.69, 9.17) is 16.9 Å². The Morgan fingerprint density at radius 1 is 1.24 bits per heavy atom. The molecule has 0 saturated heterocycles. The second kappa shape index (κ2) is 9.47. The number of nitriles is 1. The summed E-state index contributed by atoms with van der Waals surface area (Å²) in [4.78, 5) is 13.0. The number of halogens is 5. The molecule has 10 heteroatoms. The van der Waals surface area contributed by atoms with Gasteiger partial charge in [0, 0.05) is 6.07 Å². The number of carbonyl (C=O) groups is 1. The summed E-state index contributed by atoms with van der Waals surface area (Å²) in [6, 6.07) is 12.1. The molecule has 1 aromatic heterocycles. The molecule has 0 spiro atoms. The lowest BCUT2D eigenvalue weighted by molar-refractivity contribution is -0.141. The third-order valence-corrected chi connectivity index (χ3v) is 6.05. The molecule has 0 aliphatic heterocycles. The van der Waals surface area contributed by atoms with Crippen molar-refractivity contribution < 1.29 is 22.4 Å². The Hall–Kier alpha value is -3.38. The van der Waals surface area contributed by atoms with Gasteiger partial charge in [0.1, 0.15) is 11.5 Å². The second-order valence-electron chi connectivity index (χ2n) is 8.17. The standard InChI is InChI=1S/C24H19ClF4N4O/c25-18(8-6-14-4-5-14)16-7-9-19(26)20(11-16)31-23(34)21-12-22(24(27,28)29)32-33(21)17-3-1-2-15(10-17)13-30/h1-3,7,9-12,14,18H,4-6,8H2,(H,31,34). The molecule has 1 aliphatic rings. The van der Waals surface area contributed by atoms with Crippen molar-refractivity contribution in [3.05, 3.63) is 76.9 Å². The average molecular weight is 491 g/mol. The highest BCUT2D eigenvalue weighted by molar-refractivity contribution is 6.20. The van der Waals surface area contributed by atoms with Gasteiger partial charge in [0.2, 0.25) is 0 Å². The highest BCUT2D eigenvalue weighted by atomic mass is 35.5. The van der Waals surface area contributed by atoms with Crippen molar-refractivity contribution in [1.29, 1.82) is 5.26 Å². The zero-order valence-corrected chi connectivity index (χ0v) is 18.5. The number of aromatic nitrogens is 2. The molecule has 5 nitrogen and oxygen atoms in total. The van der Waals surface area contributed by atoms with Gasteiger partial charge in [-0.2, -0.15) is 23.5 Å². The lowest BCUT2D eigenvalue weighted by atomic mass is 10.0. The number of anilines is 1. The van der Waals surface area contributed by atoms with E-state index in [1.54, 1.807) is 0 Å². The van der Waals surface area contributed by atoms with Crippen LogP contribution < -0.4 is 5.32 Å². The minimum Gasteiger partial charge on any atom is -0.318 e. The number of benzene rings is 2. The van der Waals surface area contributed by atoms with Gasteiger partial charge in [-0.15, -0.1) is 11.6 Å². The smallest absolute Gasteiger partial charge is 0.318 e. The van der Waals surface area contributed by atoms with Crippen LogP contribution in [-0.4, -0.2) is 15.7 Å². The number of rotatable bonds is 7. The third kappa shape index (κ3) is 5.39. The van der Waals surface area contributed by atoms with Crippen LogP contribution in [0.4, 0.5) is 23.2 Å². The second-order valence-corrected chi connectivity index (χ2v) is 8.70. The van der Waals surface area contributed by atoms with E-state index in [-0.39, 0.29) is 22.3 Å². The Morgan fingerprint density at radius 3 is 2.68 bits per heavy atom. The maximum atomic E-state index is 14.5. The maximum Gasteiger partial charge on any atom is 0.435 e. The van der Waals surface area contributed by atoms with Crippen LogP contribution in [0.25, 0.3) is 5.69 Å². The van der Waals surface area contributed by atoms with Gasteiger partial charge in [0.25, 0.3) is 5.91 Å². The molecule has 1 N–H and O–H groups in total. The Balaban J connectivity index is 1.64. The van der Waals surface area contributed by atoms with Crippen LogP contribution in [0.1, 0.15) is 58.4 Å². The molecule has 2 aromatic carbocycles. The number of hydrogen-bond donors (Lipinski definition) is 1. The van der Waals surface area contributed by atoms with Crippen molar-refractivity contribution in [1.82, 2.24) is 9.78 Å². The van der Waals surface area contributed by atoms with Crippen LogP contribution in [0, 0.1) is 23.1 Å². The summed E-state index contributed by atoms with van der Waals surface area (Å²) in [5.41, 5.74) is -1.11. The first-order chi connectivity index (χ1) is 16.2. The fourth-order valence-electron chi connectivity index (χ4n) is 3.56. The highest BCUT2D eigenvalue weighted by Crippen LogP contribution is 2.38. The number of nitrogens with zero attached hydrogens (tertiary/aromatic N) is 3. The van der Waals surface area contributed by atoms with Crippen LogP contribution >= 0.6 is 11.6 Å². The SMILES string of the molecule is N#Cc1cccc(-n2nc(C(F)(F)F)cc2C(=O)Nc2cc(C(Cl)CCC3CC3)ccc2F)c1. The van der Waals surface area contributed by atoms with Crippen molar-refractivity contribution in [2.75, 3.05) is 5.32 Å². The Bertz CT molecular complexity index is 1260. The molecular weight excluding hydrogens is 472 g/mol. The highest BCUT2D eigenvalue weighted by Gasteiger charge is 2.36. The predicted molar refractivity (Wildman–Crippen MR) is 118 cm³/mol. The average Bonchev–Trinajstić information content (AvgIpc) is 3.52. The monoisotopic (exact) mass is 490 g/mol. The fourth-order valence-corrected chi connectivity index (χ4v) is 3.82. The molecule has 176 valence electrons. The lowest BCUT2D eigenvalue weighted by Gasteiger charge is -2.13. The molecule has 34 heavy (non-hydrogen) atoms. The van der Waals surface area contributed by atoms with E-state index in [2.05, 4.69) is 10.4 Å². The first-order valence-corrected chi connectivity index (χ1v) is 11.0. The lowest BCUT2D eigenvalue weighted by Crippen LogP contribution is -2.18. The van der Waals surface area contributed by atoms with Crippen LogP contribution in [0.5, 0.6) is 0 Å². The number of nitrogens with one attached hydrogen (secondary N) is 1. The van der Waals surface area contributed by atoms with Gasteiger partial charge in [0.15, 0.2) is 5.69 Å². The first kappa shape index (κ1) is 23.8. The Labute approximate surface area is 198 Å². The molecule has 1 saturated carbocycles. The number of hydrogen-bond acceptors (Lipinski definition) is 3. The van der Waals surface area contributed by atoms with Crippen LogP contribution in [-0.2, 0) is 6.18 Å². The molecule has 3 aromatic rings. The molecule has 4 rings (SSSR count). The summed E-state index contributed by atoms with van der Waals surface area (Å²) >= 11 is 6.44. The minimum atomic E-state index is -4.81. The molecule has 0 bridgehead atoms. The zero-order valence-electron chi connectivity index (χ0n) is 17.7. The molecule has 1 aliphatic carbocycles. The zero-order chi connectivity index (χ0) is 24.5. The van der Waals surface area contributed by atoms with Crippen molar-refractivity contribution in [2.24, 2.45) is 5.92 Å². The molecular formula is C24H19ClF4N4O. The molecule has 1 atom stereocenters. The number of alkyl halides is 4. The van der Waals surface area contributed by atoms with Gasteiger partial charge >= 0.3 is 6.18 Å². The van der Waals surface area contributed by atoms with Crippen molar-refractivity contribution in [2.45, 2.75) is 37.2 Å². The topological polar surface area (TPSA) is 70.7 Å². The summed E-state index contributed by atoms with van der Waals surface area (Å²) in [6.45, 7) is 0. The number of carbonyl (C=O) groups excluding carboxylic acids is 1. The summed E-state index contributed by atoms with van der Waals surface area (Å²) in [5.74, 6) is -1.08. The quantitative estimate of drug-likeness (QED) is 0.298. The van der Waals surface area contributed by atoms with Gasteiger partial charge in [-0.05, 0) is 54.7 Å². The van der Waals surface area contributed by atoms with E-state index in [1.165, 1.54) is 49.2 Å². The van der Waals surface area contributed by atoms with Gasteiger partial charge in [-0.25, -0.2) is 9.07 Å². The van der Waals surface area contributed by atoms with Crippen molar-refractivity contribution in [3.8, 4) is 11.8 Å². The van der Waals surface area contributed by atoms with E-state index < -0.39 is 29.3 Å². The molecule has 1 heterocycles. The predicted octanol–water partition coefficient (Wildman–Crippen LogP) is 6.62. The van der Waals surface area contributed by atoms with Gasteiger partial charge in [-0.3, -0.25) is 4.79 Å². The first-order valence-electron chi connectivity index (χ1n) is 10.6. The van der Waals surface area contributed by atoms with E-state index in [0.717, 1.165) is 17.2 Å². The van der Waals surface area contributed by atoms with Gasteiger partial charge in [-0.1, -0.05) is 25.0 Å².